The van der Waals surface area contributed by atoms with Crippen LogP contribution in [-0.4, -0.2) is 17.6 Å². The average molecular weight is 250 g/mol. The highest BCUT2D eigenvalue weighted by Gasteiger charge is 2.22. The van der Waals surface area contributed by atoms with Crippen molar-refractivity contribution in [1.82, 2.24) is 0 Å². The summed E-state index contributed by atoms with van der Waals surface area (Å²) >= 11 is 0. The van der Waals surface area contributed by atoms with E-state index in [2.05, 4.69) is 5.16 Å². The molecule has 1 aromatic carbocycles. The number of rotatable bonds is 7. The standard InChI is InChI=1S/C14H22N2O2/c1-14(2,13(15)16-17)10-6-7-11-18-12-8-4-3-5-9-12/h3-5,8-9,17H,6-7,10-11H2,1-2H3,(H2,15,16). The lowest BCUT2D eigenvalue weighted by Gasteiger charge is -2.22. The number of amidine groups is 1. The van der Waals surface area contributed by atoms with Crippen LogP contribution in [0.25, 0.3) is 0 Å². The third kappa shape index (κ3) is 4.65. The fourth-order valence-corrected chi connectivity index (χ4v) is 1.64. The summed E-state index contributed by atoms with van der Waals surface area (Å²) in [5.41, 5.74) is 5.36. The first-order valence-corrected chi connectivity index (χ1v) is 6.22. The van der Waals surface area contributed by atoms with Gasteiger partial charge in [-0.3, -0.25) is 0 Å². The maximum atomic E-state index is 8.66. The molecule has 0 saturated heterocycles. The van der Waals surface area contributed by atoms with E-state index in [-0.39, 0.29) is 11.3 Å². The molecule has 1 rings (SSSR count). The Kier molecular flexibility index (Phi) is 5.49. The number of nitrogens with zero attached hydrogens (tertiary/aromatic N) is 1. The smallest absolute Gasteiger partial charge is 0.144 e. The summed E-state index contributed by atoms with van der Waals surface area (Å²) in [7, 11) is 0. The molecule has 0 unspecified atom stereocenters. The highest BCUT2D eigenvalue weighted by atomic mass is 16.5. The number of nitrogens with two attached hydrogens (primary N) is 1. The van der Waals surface area contributed by atoms with Gasteiger partial charge in [0.25, 0.3) is 0 Å². The first kappa shape index (κ1) is 14.4. The molecule has 4 heteroatoms. The van der Waals surface area contributed by atoms with Crippen LogP contribution >= 0.6 is 0 Å². The zero-order valence-corrected chi connectivity index (χ0v) is 11.1. The summed E-state index contributed by atoms with van der Waals surface area (Å²) < 4.78 is 5.60. The molecular formula is C14H22N2O2. The lowest BCUT2D eigenvalue weighted by Crippen LogP contribution is -2.31. The number of para-hydroxylation sites is 1. The van der Waals surface area contributed by atoms with Crippen molar-refractivity contribution in [2.24, 2.45) is 16.3 Å². The van der Waals surface area contributed by atoms with E-state index in [4.69, 9.17) is 15.7 Å². The van der Waals surface area contributed by atoms with Crippen LogP contribution in [0.15, 0.2) is 35.5 Å². The van der Waals surface area contributed by atoms with E-state index >= 15 is 0 Å². The largest absolute Gasteiger partial charge is 0.494 e. The summed E-state index contributed by atoms with van der Waals surface area (Å²) in [6.45, 7) is 4.64. The van der Waals surface area contributed by atoms with E-state index < -0.39 is 0 Å². The van der Waals surface area contributed by atoms with Crippen LogP contribution < -0.4 is 10.5 Å². The summed E-state index contributed by atoms with van der Waals surface area (Å²) in [5, 5.41) is 11.7. The third-order valence-electron chi connectivity index (χ3n) is 3.01. The fraction of sp³-hybridized carbons (Fsp3) is 0.500. The molecule has 0 bridgehead atoms. The van der Waals surface area contributed by atoms with Gasteiger partial charge in [-0.25, -0.2) is 0 Å². The second kappa shape index (κ2) is 6.89. The van der Waals surface area contributed by atoms with E-state index in [9.17, 15) is 0 Å². The Bertz CT molecular complexity index is 375. The molecule has 0 spiro atoms. The fourth-order valence-electron chi connectivity index (χ4n) is 1.64. The molecule has 0 aliphatic carbocycles. The van der Waals surface area contributed by atoms with Crippen molar-refractivity contribution in [2.45, 2.75) is 33.1 Å². The van der Waals surface area contributed by atoms with Crippen LogP contribution in [0.1, 0.15) is 33.1 Å². The monoisotopic (exact) mass is 250 g/mol. The molecule has 4 nitrogen and oxygen atoms in total. The zero-order valence-electron chi connectivity index (χ0n) is 11.1. The molecule has 0 aliphatic rings. The second-order valence-corrected chi connectivity index (χ2v) is 4.99. The van der Waals surface area contributed by atoms with Crippen molar-refractivity contribution in [3.8, 4) is 5.75 Å². The number of hydrogen-bond donors (Lipinski definition) is 2. The quantitative estimate of drug-likeness (QED) is 0.257. The van der Waals surface area contributed by atoms with Gasteiger partial charge in [0, 0.05) is 5.41 Å². The van der Waals surface area contributed by atoms with Crippen LogP contribution in [0, 0.1) is 5.41 Å². The minimum Gasteiger partial charge on any atom is -0.494 e. The maximum Gasteiger partial charge on any atom is 0.144 e. The highest BCUT2D eigenvalue weighted by molar-refractivity contribution is 5.85. The van der Waals surface area contributed by atoms with Gasteiger partial charge in [-0.15, -0.1) is 0 Å². The van der Waals surface area contributed by atoms with E-state index in [1.54, 1.807) is 0 Å². The van der Waals surface area contributed by atoms with Gasteiger partial charge >= 0.3 is 0 Å². The van der Waals surface area contributed by atoms with Crippen LogP contribution in [0.4, 0.5) is 0 Å². The Morgan fingerprint density at radius 2 is 1.94 bits per heavy atom. The van der Waals surface area contributed by atoms with E-state index in [0.717, 1.165) is 25.0 Å². The van der Waals surface area contributed by atoms with E-state index in [1.165, 1.54) is 0 Å². The predicted octanol–water partition coefficient (Wildman–Crippen LogP) is 3.01. The van der Waals surface area contributed by atoms with Crippen molar-refractivity contribution in [2.75, 3.05) is 6.61 Å². The predicted molar refractivity (Wildman–Crippen MR) is 73.0 cm³/mol. The van der Waals surface area contributed by atoms with Gasteiger partial charge < -0.3 is 15.7 Å². The molecule has 0 atom stereocenters. The van der Waals surface area contributed by atoms with Crippen LogP contribution in [0.2, 0.25) is 0 Å². The molecule has 3 N–H and O–H groups in total. The first-order valence-electron chi connectivity index (χ1n) is 6.22. The summed E-state index contributed by atoms with van der Waals surface area (Å²) in [4.78, 5) is 0. The molecule has 0 heterocycles. The Balaban J connectivity index is 2.20. The summed E-state index contributed by atoms with van der Waals surface area (Å²) in [5.74, 6) is 1.18. The molecule has 0 aliphatic heterocycles. The normalized spacial score (nSPS) is 12.4. The lowest BCUT2D eigenvalue weighted by molar-refractivity contribution is 0.288. The molecule has 1 aromatic rings. The Hall–Kier alpha value is -1.71. The Labute approximate surface area is 108 Å². The van der Waals surface area contributed by atoms with Gasteiger partial charge in [0.2, 0.25) is 0 Å². The molecule has 18 heavy (non-hydrogen) atoms. The van der Waals surface area contributed by atoms with Crippen LogP contribution in [0.3, 0.4) is 0 Å². The number of unbranched alkanes of at least 4 members (excludes halogenated alkanes) is 1. The number of oxime groups is 1. The zero-order chi connectivity index (χ0) is 13.4. The molecule has 0 fully saturated rings. The van der Waals surface area contributed by atoms with Crippen LogP contribution in [-0.2, 0) is 0 Å². The van der Waals surface area contributed by atoms with Gasteiger partial charge in [-0.2, -0.15) is 0 Å². The average Bonchev–Trinajstić information content (AvgIpc) is 2.38. The Morgan fingerprint density at radius 3 is 2.56 bits per heavy atom. The van der Waals surface area contributed by atoms with Crippen molar-refractivity contribution in [3.05, 3.63) is 30.3 Å². The molecular weight excluding hydrogens is 228 g/mol. The number of ether oxygens (including phenoxy) is 1. The van der Waals surface area contributed by atoms with E-state index in [1.807, 2.05) is 44.2 Å². The van der Waals surface area contributed by atoms with Gasteiger partial charge in [-0.05, 0) is 31.4 Å². The molecule has 0 saturated carbocycles. The van der Waals surface area contributed by atoms with Gasteiger partial charge in [-0.1, -0.05) is 37.2 Å². The number of hydrogen-bond acceptors (Lipinski definition) is 3. The summed E-state index contributed by atoms with van der Waals surface area (Å²) in [6, 6.07) is 9.76. The highest BCUT2D eigenvalue weighted by Crippen LogP contribution is 2.23. The maximum absolute atomic E-state index is 8.66. The molecule has 0 amide bonds. The van der Waals surface area contributed by atoms with Gasteiger partial charge in [0.15, 0.2) is 0 Å². The Morgan fingerprint density at radius 1 is 1.28 bits per heavy atom. The van der Waals surface area contributed by atoms with Crippen molar-refractivity contribution in [3.63, 3.8) is 0 Å². The van der Waals surface area contributed by atoms with Gasteiger partial charge in [0.05, 0.1) is 6.61 Å². The SMILES string of the molecule is CC(C)(CCCCOc1ccccc1)/C(N)=N/O. The molecule has 0 radical (unpaired) electrons. The van der Waals surface area contributed by atoms with Crippen molar-refractivity contribution < 1.29 is 9.94 Å². The topological polar surface area (TPSA) is 67.8 Å². The first-order chi connectivity index (χ1) is 8.56. The second-order valence-electron chi connectivity index (χ2n) is 4.99. The molecule has 100 valence electrons. The number of benzene rings is 1. The minimum absolute atomic E-state index is 0.262. The van der Waals surface area contributed by atoms with Crippen molar-refractivity contribution in [1.29, 1.82) is 0 Å². The summed E-state index contributed by atoms with van der Waals surface area (Å²) in [6.07, 6.45) is 2.81. The molecule has 0 aromatic heterocycles. The van der Waals surface area contributed by atoms with Crippen LogP contribution in [0.5, 0.6) is 5.75 Å². The van der Waals surface area contributed by atoms with Gasteiger partial charge in [0.1, 0.15) is 11.6 Å². The van der Waals surface area contributed by atoms with Crippen molar-refractivity contribution >= 4 is 5.84 Å². The van der Waals surface area contributed by atoms with E-state index in [0.29, 0.717) is 6.61 Å². The third-order valence-corrected chi connectivity index (χ3v) is 3.01. The minimum atomic E-state index is -0.262. The lowest BCUT2D eigenvalue weighted by atomic mass is 9.86.